The number of thioether (sulfide) groups is 1. The molecule has 22 heavy (non-hydrogen) atoms. The number of terminal acetylenes is 1. The number of allylic oxidation sites excluding steroid dienone is 1. The second-order valence-corrected chi connectivity index (χ2v) is 6.61. The van der Waals surface area contributed by atoms with Crippen molar-refractivity contribution in [1.82, 2.24) is 0 Å². The summed E-state index contributed by atoms with van der Waals surface area (Å²) in [6, 6.07) is 13.2. The van der Waals surface area contributed by atoms with Crippen LogP contribution in [0.25, 0.3) is 6.08 Å². The van der Waals surface area contributed by atoms with Crippen molar-refractivity contribution >= 4 is 39.6 Å². The molecule has 0 amide bonds. The first-order chi connectivity index (χ1) is 10.7. The lowest BCUT2D eigenvalue weighted by Crippen LogP contribution is -1.97. The highest BCUT2D eigenvalue weighted by atomic mass is 79.9. The predicted octanol–water partition coefficient (Wildman–Crippen LogP) is 4.79. The van der Waals surface area contributed by atoms with Crippen LogP contribution in [0.15, 0.2) is 56.7 Å². The Labute approximate surface area is 141 Å². The first-order valence-corrected chi connectivity index (χ1v) is 8.19. The first kappa shape index (κ1) is 15.0. The number of carbonyl (C=O) groups excluding carboxylic acids is 1. The summed E-state index contributed by atoms with van der Waals surface area (Å²) in [7, 11) is 0. The minimum absolute atomic E-state index is 0.0449. The lowest BCUT2D eigenvalue weighted by molar-refractivity contribution is 0.104. The third-order valence-corrected chi connectivity index (χ3v) is 4.74. The Kier molecular flexibility index (Phi) is 4.37. The summed E-state index contributed by atoms with van der Waals surface area (Å²) in [5.74, 6) is 3.16. The molecule has 0 spiro atoms. The maximum absolute atomic E-state index is 12.4. The monoisotopic (exact) mass is 370 g/mol. The SMILES string of the molecule is C#CCOc1ccc(Br)cc1/C=C1\Sc2ccccc2C1=O. The Bertz CT molecular complexity index is 818. The number of fused-ring (bicyclic) bond motifs is 1. The first-order valence-electron chi connectivity index (χ1n) is 6.58. The number of ether oxygens (including phenoxy) is 1. The van der Waals surface area contributed by atoms with Crippen LogP contribution < -0.4 is 4.74 Å². The standard InChI is InChI=1S/C18H11BrO2S/c1-2-9-21-15-8-7-13(19)10-12(15)11-17-18(20)14-5-3-4-6-16(14)22-17/h1,3-8,10-11H,9H2/b17-11-. The Morgan fingerprint density at radius 2 is 2.09 bits per heavy atom. The summed E-state index contributed by atoms with van der Waals surface area (Å²) in [4.78, 5) is 14.1. The van der Waals surface area contributed by atoms with Crippen LogP contribution in [0.3, 0.4) is 0 Å². The van der Waals surface area contributed by atoms with E-state index in [0.29, 0.717) is 10.7 Å². The molecular formula is C18H11BrO2S. The largest absolute Gasteiger partial charge is 0.480 e. The third-order valence-electron chi connectivity index (χ3n) is 3.14. The maximum Gasteiger partial charge on any atom is 0.200 e. The van der Waals surface area contributed by atoms with E-state index in [0.717, 1.165) is 20.5 Å². The van der Waals surface area contributed by atoms with Crippen LogP contribution in [0.5, 0.6) is 5.75 Å². The van der Waals surface area contributed by atoms with Crippen molar-refractivity contribution in [3.8, 4) is 18.1 Å². The molecule has 1 heterocycles. The van der Waals surface area contributed by atoms with Gasteiger partial charge in [0.1, 0.15) is 12.4 Å². The molecule has 0 atom stereocenters. The van der Waals surface area contributed by atoms with Gasteiger partial charge in [-0.2, -0.15) is 0 Å². The van der Waals surface area contributed by atoms with Gasteiger partial charge in [-0.15, -0.1) is 6.42 Å². The molecule has 0 radical (unpaired) electrons. The minimum Gasteiger partial charge on any atom is -0.480 e. The molecule has 0 aliphatic carbocycles. The van der Waals surface area contributed by atoms with Crippen molar-refractivity contribution in [2.75, 3.05) is 6.61 Å². The molecule has 1 aliphatic heterocycles. The van der Waals surface area contributed by atoms with Crippen molar-refractivity contribution in [1.29, 1.82) is 0 Å². The molecule has 4 heteroatoms. The van der Waals surface area contributed by atoms with E-state index in [1.165, 1.54) is 11.8 Å². The molecule has 0 bridgehead atoms. The van der Waals surface area contributed by atoms with Gasteiger partial charge in [0.15, 0.2) is 0 Å². The smallest absolute Gasteiger partial charge is 0.200 e. The highest BCUT2D eigenvalue weighted by Crippen LogP contribution is 2.41. The number of ketones is 1. The zero-order valence-electron chi connectivity index (χ0n) is 11.5. The molecule has 0 N–H and O–H groups in total. The molecule has 3 rings (SSSR count). The summed E-state index contributed by atoms with van der Waals surface area (Å²) in [5, 5.41) is 0. The topological polar surface area (TPSA) is 26.3 Å². The van der Waals surface area contributed by atoms with Crippen LogP contribution in [-0.4, -0.2) is 12.4 Å². The maximum atomic E-state index is 12.4. The number of carbonyl (C=O) groups is 1. The molecule has 2 nitrogen and oxygen atoms in total. The molecule has 0 fully saturated rings. The fourth-order valence-electron chi connectivity index (χ4n) is 2.16. The molecule has 0 saturated heterocycles. The van der Waals surface area contributed by atoms with Gasteiger partial charge in [0, 0.05) is 20.5 Å². The van der Waals surface area contributed by atoms with E-state index in [1.807, 2.05) is 48.5 Å². The van der Waals surface area contributed by atoms with E-state index < -0.39 is 0 Å². The zero-order chi connectivity index (χ0) is 15.5. The van der Waals surface area contributed by atoms with Gasteiger partial charge in [-0.3, -0.25) is 4.79 Å². The second-order valence-electron chi connectivity index (χ2n) is 4.61. The van der Waals surface area contributed by atoms with Crippen LogP contribution in [0.1, 0.15) is 15.9 Å². The van der Waals surface area contributed by atoms with E-state index in [1.54, 1.807) is 0 Å². The van der Waals surface area contributed by atoms with Crippen molar-refractivity contribution < 1.29 is 9.53 Å². The fourth-order valence-corrected chi connectivity index (χ4v) is 3.58. The van der Waals surface area contributed by atoms with Gasteiger partial charge in [-0.05, 0) is 36.4 Å². The number of hydrogen-bond donors (Lipinski definition) is 0. The molecule has 1 aliphatic rings. The van der Waals surface area contributed by atoms with E-state index in [9.17, 15) is 4.79 Å². The van der Waals surface area contributed by atoms with Gasteiger partial charge in [0.05, 0.1) is 4.91 Å². The predicted molar refractivity (Wildman–Crippen MR) is 93.1 cm³/mol. The van der Waals surface area contributed by atoms with E-state index in [-0.39, 0.29) is 12.4 Å². The number of halogens is 1. The second kappa shape index (κ2) is 6.43. The average molecular weight is 371 g/mol. The molecule has 2 aromatic carbocycles. The van der Waals surface area contributed by atoms with E-state index in [4.69, 9.17) is 11.2 Å². The molecule has 0 saturated carbocycles. The summed E-state index contributed by atoms with van der Waals surface area (Å²) >= 11 is 4.92. The number of Topliss-reactive ketones (excluding diaryl/α,β-unsaturated/α-hetero) is 1. The highest BCUT2D eigenvalue weighted by Gasteiger charge is 2.25. The summed E-state index contributed by atoms with van der Waals surface area (Å²) in [5.41, 5.74) is 1.58. The lowest BCUT2D eigenvalue weighted by Gasteiger charge is -2.07. The van der Waals surface area contributed by atoms with E-state index in [2.05, 4.69) is 21.9 Å². The molecular weight excluding hydrogens is 360 g/mol. The fraction of sp³-hybridized carbons (Fsp3) is 0.0556. The quantitative estimate of drug-likeness (QED) is 0.573. The van der Waals surface area contributed by atoms with Crippen LogP contribution in [0, 0.1) is 12.3 Å². The van der Waals surface area contributed by atoms with Gasteiger partial charge in [-0.1, -0.05) is 45.7 Å². The van der Waals surface area contributed by atoms with Crippen molar-refractivity contribution in [3.05, 3.63) is 63.0 Å². The van der Waals surface area contributed by atoms with Crippen LogP contribution in [0.2, 0.25) is 0 Å². The van der Waals surface area contributed by atoms with Crippen LogP contribution in [0.4, 0.5) is 0 Å². The van der Waals surface area contributed by atoms with Crippen LogP contribution in [-0.2, 0) is 0 Å². The van der Waals surface area contributed by atoms with E-state index >= 15 is 0 Å². The number of hydrogen-bond acceptors (Lipinski definition) is 3. The van der Waals surface area contributed by atoms with Crippen molar-refractivity contribution in [2.45, 2.75) is 4.90 Å². The van der Waals surface area contributed by atoms with Crippen molar-refractivity contribution in [2.24, 2.45) is 0 Å². The zero-order valence-corrected chi connectivity index (χ0v) is 13.9. The van der Waals surface area contributed by atoms with Gasteiger partial charge in [0.2, 0.25) is 5.78 Å². The highest BCUT2D eigenvalue weighted by molar-refractivity contribution is 9.10. The molecule has 108 valence electrons. The Balaban J connectivity index is 1.98. The van der Waals surface area contributed by atoms with Gasteiger partial charge < -0.3 is 4.74 Å². The van der Waals surface area contributed by atoms with Gasteiger partial charge in [-0.25, -0.2) is 0 Å². The third kappa shape index (κ3) is 2.96. The Morgan fingerprint density at radius 3 is 2.86 bits per heavy atom. The normalized spacial score (nSPS) is 14.7. The number of rotatable bonds is 3. The Hall–Kier alpha value is -1.96. The van der Waals surface area contributed by atoms with Crippen LogP contribution >= 0.6 is 27.7 Å². The van der Waals surface area contributed by atoms with Gasteiger partial charge >= 0.3 is 0 Å². The molecule has 0 aromatic heterocycles. The molecule has 2 aromatic rings. The lowest BCUT2D eigenvalue weighted by atomic mass is 10.1. The summed E-state index contributed by atoms with van der Waals surface area (Å²) in [6.45, 7) is 0.194. The number of benzene rings is 2. The Morgan fingerprint density at radius 1 is 1.27 bits per heavy atom. The summed E-state index contributed by atoms with van der Waals surface area (Å²) < 4.78 is 6.46. The molecule has 0 unspecified atom stereocenters. The van der Waals surface area contributed by atoms with Crippen molar-refractivity contribution in [3.63, 3.8) is 0 Å². The summed E-state index contributed by atoms with van der Waals surface area (Å²) in [6.07, 6.45) is 7.09. The van der Waals surface area contributed by atoms with Gasteiger partial charge in [0.25, 0.3) is 0 Å². The average Bonchev–Trinajstić information content (AvgIpc) is 2.83. The minimum atomic E-state index is 0.0449.